The molecule has 1 aromatic rings. The molecule has 0 N–H and O–H groups in total. The van der Waals surface area contributed by atoms with E-state index in [4.69, 9.17) is 4.74 Å². The standard InChI is InChI=1S/C13H17NO4/c1-5-12(15)10(4)18-13-7-8(2)11(14(16)17)6-9(13)3/h6-7,10H,5H2,1-4H3. The number of carbonyl (C=O) groups is 1. The smallest absolute Gasteiger partial charge is 0.272 e. The first-order valence-electron chi connectivity index (χ1n) is 5.81. The molecule has 0 aliphatic rings. The zero-order chi connectivity index (χ0) is 13.9. The fraction of sp³-hybridized carbons (Fsp3) is 0.462. The number of Topliss-reactive ketones (excluding diaryl/α,β-unsaturated/α-hetero) is 1. The molecule has 0 fully saturated rings. The molecule has 0 aromatic heterocycles. The zero-order valence-corrected chi connectivity index (χ0v) is 11.0. The van der Waals surface area contributed by atoms with Gasteiger partial charge < -0.3 is 4.74 Å². The molecular weight excluding hydrogens is 234 g/mol. The summed E-state index contributed by atoms with van der Waals surface area (Å²) in [6, 6.07) is 3.07. The van der Waals surface area contributed by atoms with E-state index >= 15 is 0 Å². The number of benzene rings is 1. The van der Waals surface area contributed by atoms with Crippen molar-refractivity contribution in [1.29, 1.82) is 0 Å². The lowest BCUT2D eigenvalue weighted by Crippen LogP contribution is -2.23. The topological polar surface area (TPSA) is 69.4 Å². The summed E-state index contributed by atoms with van der Waals surface area (Å²) in [5, 5.41) is 10.8. The summed E-state index contributed by atoms with van der Waals surface area (Å²) in [6.45, 7) is 6.83. The van der Waals surface area contributed by atoms with Crippen LogP contribution in [0, 0.1) is 24.0 Å². The van der Waals surface area contributed by atoms with Gasteiger partial charge in [-0.1, -0.05) is 6.92 Å². The molecule has 0 amide bonds. The molecule has 0 saturated heterocycles. The number of carbonyl (C=O) groups excluding carboxylic acids is 1. The summed E-state index contributed by atoms with van der Waals surface area (Å²) in [5.74, 6) is 0.526. The Balaban J connectivity index is 3.02. The second-order valence-corrected chi connectivity index (χ2v) is 4.24. The van der Waals surface area contributed by atoms with Crippen molar-refractivity contribution >= 4 is 11.5 Å². The molecule has 5 heteroatoms. The predicted molar refractivity (Wildman–Crippen MR) is 68.0 cm³/mol. The lowest BCUT2D eigenvalue weighted by atomic mass is 10.1. The molecule has 0 bridgehead atoms. The second-order valence-electron chi connectivity index (χ2n) is 4.24. The average Bonchev–Trinajstić information content (AvgIpc) is 2.31. The van der Waals surface area contributed by atoms with Gasteiger partial charge in [0.15, 0.2) is 11.9 Å². The Labute approximate surface area is 106 Å². The average molecular weight is 251 g/mol. The molecule has 0 spiro atoms. The number of nitro benzene ring substituents is 1. The van der Waals surface area contributed by atoms with E-state index in [1.54, 1.807) is 33.8 Å². The van der Waals surface area contributed by atoms with E-state index in [1.807, 2.05) is 0 Å². The molecule has 1 aromatic carbocycles. The van der Waals surface area contributed by atoms with Gasteiger partial charge in [-0.3, -0.25) is 14.9 Å². The molecule has 1 atom stereocenters. The molecule has 5 nitrogen and oxygen atoms in total. The normalized spacial score (nSPS) is 12.0. The Kier molecular flexibility index (Phi) is 4.42. The molecule has 0 aliphatic heterocycles. The van der Waals surface area contributed by atoms with Gasteiger partial charge in [-0.2, -0.15) is 0 Å². The third kappa shape index (κ3) is 3.06. The highest BCUT2D eigenvalue weighted by Gasteiger charge is 2.17. The fourth-order valence-electron chi connectivity index (χ4n) is 1.64. The first kappa shape index (κ1) is 14.2. The first-order chi connectivity index (χ1) is 8.36. The second kappa shape index (κ2) is 5.62. The summed E-state index contributed by atoms with van der Waals surface area (Å²) in [6.07, 6.45) is -0.124. The minimum absolute atomic E-state index is 0.00501. The molecule has 0 radical (unpaired) electrons. The van der Waals surface area contributed by atoms with Crippen molar-refractivity contribution in [2.75, 3.05) is 0 Å². The minimum Gasteiger partial charge on any atom is -0.483 e. The molecule has 98 valence electrons. The number of ketones is 1. The summed E-state index contributed by atoms with van der Waals surface area (Å²) < 4.78 is 5.54. The van der Waals surface area contributed by atoms with E-state index < -0.39 is 11.0 Å². The fourth-order valence-corrected chi connectivity index (χ4v) is 1.64. The summed E-state index contributed by atoms with van der Waals surface area (Å²) >= 11 is 0. The Morgan fingerprint density at radius 2 is 2.00 bits per heavy atom. The molecule has 0 heterocycles. The van der Waals surface area contributed by atoms with Crippen molar-refractivity contribution in [3.8, 4) is 5.75 Å². The van der Waals surface area contributed by atoms with Gasteiger partial charge in [0, 0.05) is 18.1 Å². The van der Waals surface area contributed by atoms with Crippen molar-refractivity contribution in [1.82, 2.24) is 0 Å². The van der Waals surface area contributed by atoms with Crippen molar-refractivity contribution in [3.63, 3.8) is 0 Å². The Hall–Kier alpha value is -1.91. The van der Waals surface area contributed by atoms with Gasteiger partial charge in [0.25, 0.3) is 5.69 Å². The molecule has 1 rings (SSSR count). The highest BCUT2D eigenvalue weighted by Crippen LogP contribution is 2.28. The maximum atomic E-state index is 11.5. The highest BCUT2D eigenvalue weighted by atomic mass is 16.6. The van der Waals surface area contributed by atoms with Crippen LogP contribution in [0.4, 0.5) is 5.69 Å². The monoisotopic (exact) mass is 251 g/mol. The third-order valence-electron chi connectivity index (χ3n) is 2.80. The van der Waals surface area contributed by atoms with Gasteiger partial charge in [-0.15, -0.1) is 0 Å². The van der Waals surface area contributed by atoms with Crippen LogP contribution in [0.3, 0.4) is 0 Å². The number of nitrogens with zero attached hydrogens (tertiary/aromatic N) is 1. The lowest BCUT2D eigenvalue weighted by Gasteiger charge is -2.15. The van der Waals surface area contributed by atoms with Crippen LogP contribution in [0.25, 0.3) is 0 Å². The van der Waals surface area contributed by atoms with Crippen molar-refractivity contribution in [2.24, 2.45) is 0 Å². The number of ether oxygens (including phenoxy) is 1. The number of aryl methyl sites for hydroxylation is 2. The summed E-state index contributed by atoms with van der Waals surface area (Å²) in [7, 11) is 0. The highest BCUT2D eigenvalue weighted by molar-refractivity contribution is 5.82. The van der Waals surface area contributed by atoms with Crippen LogP contribution >= 0.6 is 0 Å². The first-order valence-corrected chi connectivity index (χ1v) is 5.81. The quantitative estimate of drug-likeness (QED) is 0.596. The predicted octanol–water partition coefficient (Wildman–Crippen LogP) is 2.96. The molecular formula is C13H17NO4. The van der Waals surface area contributed by atoms with Crippen LogP contribution < -0.4 is 4.74 Å². The third-order valence-corrected chi connectivity index (χ3v) is 2.80. The number of nitro groups is 1. The minimum atomic E-state index is -0.533. The molecule has 18 heavy (non-hydrogen) atoms. The van der Waals surface area contributed by atoms with Crippen LogP contribution in [0.1, 0.15) is 31.4 Å². The largest absolute Gasteiger partial charge is 0.483 e. The van der Waals surface area contributed by atoms with Crippen LogP contribution in [-0.2, 0) is 4.79 Å². The zero-order valence-electron chi connectivity index (χ0n) is 11.0. The van der Waals surface area contributed by atoms with E-state index in [1.165, 1.54) is 6.07 Å². The van der Waals surface area contributed by atoms with Crippen molar-refractivity contribution in [3.05, 3.63) is 33.4 Å². The van der Waals surface area contributed by atoms with Crippen LogP contribution in [0.5, 0.6) is 5.75 Å². The van der Waals surface area contributed by atoms with Gasteiger partial charge in [0.1, 0.15) is 5.75 Å². The van der Waals surface area contributed by atoms with Crippen molar-refractivity contribution in [2.45, 2.75) is 40.2 Å². The van der Waals surface area contributed by atoms with E-state index in [9.17, 15) is 14.9 Å². The van der Waals surface area contributed by atoms with E-state index in [-0.39, 0.29) is 11.5 Å². The molecule has 0 aliphatic carbocycles. The maximum Gasteiger partial charge on any atom is 0.272 e. The van der Waals surface area contributed by atoms with E-state index in [0.29, 0.717) is 23.3 Å². The number of hydrogen-bond acceptors (Lipinski definition) is 4. The van der Waals surface area contributed by atoms with Crippen LogP contribution in [-0.4, -0.2) is 16.8 Å². The molecule has 1 unspecified atom stereocenters. The van der Waals surface area contributed by atoms with Gasteiger partial charge in [0.2, 0.25) is 0 Å². The SMILES string of the molecule is CCC(=O)C(C)Oc1cc(C)c([N+](=O)[O-])cc1C. The van der Waals surface area contributed by atoms with E-state index in [2.05, 4.69) is 0 Å². The Bertz CT molecular complexity index is 482. The van der Waals surface area contributed by atoms with Crippen LogP contribution in [0.2, 0.25) is 0 Å². The van der Waals surface area contributed by atoms with Gasteiger partial charge in [-0.25, -0.2) is 0 Å². The van der Waals surface area contributed by atoms with Crippen molar-refractivity contribution < 1.29 is 14.5 Å². The Morgan fingerprint density at radius 3 is 2.50 bits per heavy atom. The summed E-state index contributed by atoms with van der Waals surface area (Å²) in [4.78, 5) is 21.8. The number of hydrogen-bond donors (Lipinski definition) is 0. The Morgan fingerprint density at radius 1 is 1.39 bits per heavy atom. The van der Waals surface area contributed by atoms with E-state index in [0.717, 1.165) is 0 Å². The lowest BCUT2D eigenvalue weighted by molar-refractivity contribution is -0.385. The van der Waals surface area contributed by atoms with Gasteiger partial charge in [-0.05, 0) is 32.4 Å². The van der Waals surface area contributed by atoms with Crippen LogP contribution in [0.15, 0.2) is 12.1 Å². The van der Waals surface area contributed by atoms with Gasteiger partial charge in [0.05, 0.1) is 4.92 Å². The maximum absolute atomic E-state index is 11.5. The van der Waals surface area contributed by atoms with Gasteiger partial charge >= 0.3 is 0 Å². The molecule has 0 saturated carbocycles. The summed E-state index contributed by atoms with van der Waals surface area (Å²) in [5.41, 5.74) is 1.24. The number of rotatable bonds is 5.